The number of rotatable bonds is 15. The summed E-state index contributed by atoms with van der Waals surface area (Å²) in [5.41, 5.74) is 0. The largest absolute Gasteiger partial charge is 0.0885 e. The molecule has 0 unspecified atom stereocenters. The van der Waals surface area contributed by atoms with E-state index in [4.69, 9.17) is 0 Å². The first kappa shape index (κ1) is 18.7. The molecule has 0 aromatic rings. The predicted octanol–water partition coefficient (Wildman–Crippen LogP) is 7.06. The zero-order valence-corrected chi connectivity index (χ0v) is 13.2. The minimum absolute atomic E-state index is 1.10. The molecular weight excluding hydrogens is 228 g/mol. The fourth-order valence-corrected chi connectivity index (χ4v) is 2.35. The van der Waals surface area contributed by atoms with Gasteiger partial charge < -0.3 is 0 Å². The summed E-state index contributed by atoms with van der Waals surface area (Å²) in [5, 5.41) is 0. The zero-order valence-electron chi connectivity index (χ0n) is 13.2. The normalized spacial score (nSPS) is 11.5. The highest BCUT2D eigenvalue weighted by Gasteiger charge is 1.90. The standard InChI is InChI=1S/C19H36/c1-3-5-7-9-11-13-15-17-19-18-16-14-12-10-8-6-4-2/h15,17H,1-14,16,18-19H2. The van der Waals surface area contributed by atoms with E-state index in [0.717, 1.165) is 12.8 Å². The van der Waals surface area contributed by atoms with Gasteiger partial charge >= 0.3 is 0 Å². The Morgan fingerprint density at radius 1 is 0.421 bits per heavy atom. The Balaban J connectivity index is 3.00. The number of hydrogen-bond acceptors (Lipinski definition) is 0. The van der Waals surface area contributed by atoms with Gasteiger partial charge in [0, 0.05) is 0 Å². The van der Waals surface area contributed by atoms with Crippen LogP contribution >= 0.6 is 0 Å². The smallest absolute Gasteiger partial charge is 0.0351 e. The molecule has 0 nitrogen and oxygen atoms in total. The maximum atomic E-state index is 3.88. The van der Waals surface area contributed by atoms with E-state index in [9.17, 15) is 0 Å². The zero-order chi connectivity index (χ0) is 14.0. The topological polar surface area (TPSA) is 0 Å². The monoisotopic (exact) mass is 264 g/mol. The van der Waals surface area contributed by atoms with Crippen LogP contribution in [0, 0.1) is 13.8 Å². The molecule has 0 fully saturated rings. The van der Waals surface area contributed by atoms with Gasteiger partial charge in [0.25, 0.3) is 0 Å². The molecule has 0 aromatic heterocycles. The van der Waals surface area contributed by atoms with Gasteiger partial charge in [-0.05, 0) is 25.7 Å². The molecular formula is C19H36. The summed E-state index contributed by atoms with van der Waals surface area (Å²) in [4.78, 5) is 0. The average molecular weight is 264 g/mol. The van der Waals surface area contributed by atoms with Gasteiger partial charge in [-0.1, -0.05) is 96.6 Å². The predicted molar refractivity (Wildman–Crippen MR) is 89.1 cm³/mol. The van der Waals surface area contributed by atoms with Crippen LogP contribution in [-0.4, -0.2) is 0 Å². The molecule has 19 heavy (non-hydrogen) atoms. The van der Waals surface area contributed by atoms with Gasteiger partial charge in [0.2, 0.25) is 0 Å². The van der Waals surface area contributed by atoms with Gasteiger partial charge in [0.15, 0.2) is 0 Å². The van der Waals surface area contributed by atoms with Gasteiger partial charge in [-0.25, -0.2) is 0 Å². The third-order valence-electron chi connectivity index (χ3n) is 3.66. The summed E-state index contributed by atoms with van der Waals surface area (Å²) in [6.07, 6.45) is 24.7. The lowest BCUT2D eigenvalue weighted by Crippen LogP contribution is -1.80. The summed E-state index contributed by atoms with van der Waals surface area (Å²) < 4.78 is 0. The third kappa shape index (κ3) is 17.7. The molecule has 0 aromatic carbocycles. The van der Waals surface area contributed by atoms with Gasteiger partial charge in [0.1, 0.15) is 0 Å². The first-order valence-corrected chi connectivity index (χ1v) is 8.65. The summed E-state index contributed by atoms with van der Waals surface area (Å²) in [6, 6.07) is 0. The molecule has 0 saturated carbocycles. The maximum absolute atomic E-state index is 3.88. The van der Waals surface area contributed by atoms with Crippen LogP contribution in [0.2, 0.25) is 0 Å². The van der Waals surface area contributed by atoms with E-state index >= 15 is 0 Å². The number of unbranched alkanes of at least 4 members (excludes halogenated alkanes) is 13. The van der Waals surface area contributed by atoms with Crippen molar-refractivity contribution in [2.75, 3.05) is 0 Å². The molecule has 0 bridgehead atoms. The lowest BCUT2D eigenvalue weighted by molar-refractivity contribution is 0.583. The summed E-state index contributed by atoms with van der Waals surface area (Å²) in [5.74, 6) is 0. The summed E-state index contributed by atoms with van der Waals surface area (Å²) >= 11 is 0. The Hall–Kier alpha value is -0.260. The van der Waals surface area contributed by atoms with Crippen molar-refractivity contribution in [1.82, 2.24) is 0 Å². The Morgan fingerprint density at radius 3 is 1.11 bits per heavy atom. The third-order valence-corrected chi connectivity index (χ3v) is 3.66. The molecule has 0 aliphatic rings. The molecule has 0 heteroatoms. The Bertz CT molecular complexity index is 169. The van der Waals surface area contributed by atoms with Gasteiger partial charge in [-0.15, -0.1) is 0 Å². The molecule has 0 N–H and O–H groups in total. The summed E-state index contributed by atoms with van der Waals surface area (Å²) in [7, 11) is 0. The Morgan fingerprint density at radius 2 is 0.737 bits per heavy atom. The van der Waals surface area contributed by atoms with E-state index in [-0.39, 0.29) is 0 Å². The number of hydrogen-bond donors (Lipinski definition) is 0. The lowest BCUT2D eigenvalue weighted by Gasteiger charge is -2.00. The van der Waals surface area contributed by atoms with Crippen molar-refractivity contribution in [2.45, 2.75) is 96.3 Å². The first-order valence-electron chi connectivity index (χ1n) is 8.65. The average Bonchev–Trinajstić information content (AvgIpc) is 2.43. The Kier molecular flexibility index (Phi) is 17.5. The fraction of sp³-hybridized carbons (Fsp3) is 0.789. The quantitative estimate of drug-likeness (QED) is 0.219. The highest BCUT2D eigenvalue weighted by Crippen LogP contribution is 2.10. The van der Waals surface area contributed by atoms with E-state index in [1.54, 1.807) is 0 Å². The second kappa shape index (κ2) is 17.7. The van der Waals surface area contributed by atoms with Crippen molar-refractivity contribution >= 4 is 0 Å². The maximum Gasteiger partial charge on any atom is -0.0351 e. The fourth-order valence-electron chi connectivity index (χ4n) is 2.35. The molecule has 0 amide bonds. The minimum atomic E-state index is 1.10. The van der Waals surface area contributed by atoms with Crippen LogP contribution in [0.3, 0.4) is 0 Å². The van der Waals surface area contributed by atoms with Crippen LogP contribution in [0.5, 0.6) is 0 Å². The van der Waals surface area contributed by atoms with Crippen molar-refractivity contribution in [3.05, 3.63) is 26.0 Å². The van der Waals surface area contributed by atoms with Crippen LogP contribution in [0.25, 0.3) is 0 Å². The van der Waals surface area contributed by atoms with Crippen LogP contribution in [-0.2, 0) is 0 Å². The van der Waals surface area contributed by atoms with Gasteiger partial charge in [-0.3, -0.25) is 0 Å². The van der Waals surface area contributed by atoms with Crippen molar-refractivity contribution in [3.8, 4) is 0 Å². The van der Waals surface area contributed by atoms with E-state index in [2.05, 4.69) is 26.0 Å². The molecule has 2 radical (unpaired) electrons. The van der Waals surface area contributed by atoms with E-state index in [1.807, 2.05) is 0 Å². The van der Waals surface area contributed by atoms with Crippen molar-refractivity contribution in [3.63, 3.8) is 0 Å². The van der Waals surface area contributed by atoms with E-state index in [1.165, 1.54) is 83.5 Å². The molecule has 0 spiro atoms. The van der Waals surface area contributed by atoms with Crippen LogP contribution in [0.15, 0.2) is 12.2 Å². The second-order valence-corrected chi connectivity index (χ2v) is 5.64. The van der Waals surface area contributed by atoms with E-state index < -0.39 is 0 Å². The SMILES string of the molecule is [CH2]CCCCCCC=CCCCCCCCCC[CH2]. The Labute approximate surface area is 123 Å². The van der Waals surface area contributed by atoms with E-state index in [0.29, 0.717) is 0 Å². The molecule has 112 valence electrons. The first-order chi connectivity index (χ1) is 9.41. The van der Waals surface area contributed by atoms with Crippen molar-refractivity contribution in [2.24, 2.45) is 0 Å². The molecule has 0 rings (SSSR count). The molecule has 0 heterocycles. The molecule has 0 atom stereocenters. The highest BCUT2D eigenvalue weighted by atomic mass is 14.0. The van der Waals surface area contributed by atoms with Gasteiger partial charge in [0.05, 0.1) is 0 Å². The lowest BCUT2D eigenvalue weighted by atomic mass is 10.1. The van der Waals surface area contributed by atoms with Crippen LogP contribution < -0.4 is 0 Å². The molecule has 0 aliphatic heterocycles. The molecule has 0 saturated heterocycles. The second-order valence-electron chi connectivity index (χ2n) is 5.64. The summed E-state index contributed by atoms with van der Waals surface area (Å²) in [6.45, 7) is 7.75. The van der Waals surface area contributed by atoms with Crippen LogP contribution in [0.4, 0.5) is 0 Å². The minimum Gasteiger partial charge on any atom is -0.0885 e. The van der Waals surface area contributed by atoms with Crippen LogP contribution in [0.1, 0.15) is 96.3 Å². The highest BCUT2D eigenvalue weighted by molar-refractivity contribution is 4.81. The van der Waals surface area contributed by atoms with Crippen molar-refractivity contribution < 1.29 is 0 Å². The number of allylic oxidation sites excluding steroid dienone is 2. The molecule has 0 aliphatic carbocycles. The van der Waals surface area contributed by atoms with Crippen molar-refractivity contribution in [1.29, 1.82) is 0 Å². The van der Waals surface area contributed by atoms with Gasteiger partial charge in [-0.2, -0.15) is 0 Å².